The molecular formula is C32H38N2O11. The Hall–Kier alpha value is -3.88. The van der Waals surface area contributed by atoms with E-state index in [9.17, 15) is 39.9 Å². The van der Waals surface area contributed by atoms with Gasteiger partial charge in [-0.05, 0) is 26.8 Å². The van der Waals surface area contributed by atoms with E-state index >= 15 is 0 Å². The average Bonchev–Trinajstić information content (AvgIpc) is 3.02. The summed E-state index contributed by atoms with van der Waals surface area (Å²) < 4.78 is 17.5. The summed E-state index contributed by atoms with van der Waals surface area (Å²) in [5.74, 6) is -3.75. The number of ketones is 3. The highest BCUT2D eigenvalue weighted by Crippen LogP contribution is 2.52. The van der Waals surface area contributed by atoms with Crippen molar-refractivity contribution in [3.8, 4) is 17.2 Å². The largest absolute Gasteiger partial charge is 0.507 e. The number of ether oxygens (including phenoxy) is 3. The van der Waals surface area contributed by atoms with Gasteiger partial charge in [-0.3, -0.25) is 19.4 Å². The second-order valence-corrected chi connectivity index (χ2v) is 11.5. The first-order valence-corrected chi connectivity index (χ1v) is 14.9. The number of aliphatic imine (C=N–C) groups is 1. The number of Topliss-reactive ketones (excluding diaryl/α,β-unsaturated/α-hetero) is 1. The second kappa shape index (κ2) is 12.5. The highest BCUT2D eigenvalue weighted by Gasteiger charge is 2.50. The number of methoxy groups -OCH3 is 1. The standard InChI is InChI=1S/C32H38N2O11/c1-5-34(6-2)14-33-18-10-22(44-15(3)27(18)37)45-20-12-32(42,21(36)13-35)11-17-24(20)31(41)26-25(29(17)39)28(38)16-8-7-9-19(43-4)23(16)30(26)40/h7-9,14-15,18,20,22,27,35,37,39,41-42H,5-6,10-13H2,1-4H3/t15?,18-,20-,22?,27+,32?/m0/s1. The van der Waals surface area contributed by atoms with E-state index < -0.39 is 95.7 Å². The quantitative estimate of drug-likeness (QED) is 0.130. The van der Waals surface area contributed by atoms with Crippen molar-refractivity contribution in [2.75, 3.05) is 26.8 Å². The van der Waals surface area contributed by atoms with E-state index in [1.807, 2.05) is 18.7 Å². The van der Waals surface area contributed by atoms with Gasteiger partial charge in [0.05, 0.1) is 48.4 Å². The van der Waals surface area contributed by atoms with Gasteiger partial charge in [-0.25, -0.2) is 0 Å². The van der Waals surface area contributed by atoms with Crippen molar-refractivity contribution in [3.05, 3.63) is 51.6 Å². The first kappa shape index (κ1) is 32.5. The smallest absolute Gasteiger partial charge is 0.202 e. The zero-order chi connectivity index (χ0) is 32.8. The molecule has 0 saturated carbocycles. The highest BCUT2D eigenvalue weighted by atomic mass is 16.7. The van der Waals surface area contributed by atoms with Crippen LogP contribution >= 0.6 is 0 Å². The lowest BCUT2D eigenvalue weighted by atomic mass is 9.72. The molecule has 13 heteroatoms. The Morgan fingerprint density at radius 1 is 1.13 bits per heavy atom. The molecule has 0 spiro atoms. The van der Waals surface area contributed by atoms with Crippen LogP contribution in [0.1, 0.15) is 82.7 Å². The predicted molar refractivity (Wildman–Crippen MR) is 159 cm³/mol. The Bertz CT molecular complexity index is 1550. The Morgan fingerprint density at radius 3 is 2.47 bits per heavy atom. The van der Waals surface area contributed by atoms with Crippen LogP contribution in [0.3, 0.4) is 0 Å². The minimum atomic E-state index is -2.26. The van der Waals surface area contributed by atoms with Gasteiger partial charge in [-0.2, -0.15) is 0 Å². The Labute approximate surface area is 259 Å². The van der Waals surface area contributed by atoms with Crippen LogP contribution in [0, 0.1) is 0 Å². The molecule has 1 aliphatic heterocycles. The van der Waals surface area contributed by atoms with Gasteiger partial charge >= 0.3 is 0 Å². The maximum Gasteiger partial charge on any atom is 0.202 e. The molecule has 13 nitrogen and oxygen atoms in total. The van der Waals surface area contributed by atoms with Crippen molar-refractivity contribution in [3.63, 3.8) is 0 Å². The number of nitrogens with zero attached hydrogens (tertiary/aromatic N) is 2. The molecule has 2 aromatic carbocycles. The molecule has 45 heavy (non-hydrogen) atoms. The first-order chi connectivity index (χ1) is 21.4. The molecule has 1 heterocycles. The third kappa shape index (κ3) is 5.48. The number of aliphatic hydroxyl groups is 3. The summed E-state index contributed by atoms with van der Waals surface area (Å²) in [4.78, 5) is 46.7. The topological polar surface area (TPSA) is 196 Å². The number of hydrogen-bond acceptors (Lipinski definition) is 12. The van der Waals surface area contributed by atoms with Crippen molar-refractivity contribution in [2.45, 2.75) is 76.3 Å². The molecule has 3 unspecified atom stereocenters. The molecule has 2 aromatic rings. The maximum absolute atomic E-state index is 13.8. The summed E-state index contributed by atoms with van der Waals surface area (Å²) in [6.07, 6.45) is -3.47. The number of fused-ring (bicyclic) bond motifs is 3. The molecule has 5 rings (SSSR count). The number of aliphatic hydroxyl groups excluding tert-OH is 2. The maximum atomic E-state index is 13.8. The number of phenols is 2. The summed E-state index contributed by atoms with van der Waals surface area (Å²) in [5.41, 5.74) is -3.62. The van der Waals surface area contributed by atoms with Gasteiger partial charge in [0.15, 0.2) is 17.9 Å². The van der Waals surface area contributed by atoms with E-state index in [-0.39, 0.29) is 34.4 Å². The molecule has 3 aliphatic rings. The fourth-order valence-corrected chi connectivity index (χ4v) is 6.41. The number of benzene rings is 2. The second-order valence-electron chi connectivity index (χ2n) is 11.5. The monoisotopic (exact) mass is 626 g/mol. The number of phenolic OH excluding ortho intramolecular Hbond substituents is 2. The van der Waals surface area contributed by atoms with Gasteiger partial charge in [0.25, 0.3) is 0 Å². The Morgan fingerprint density at radius 2 is 1.82 bits per heavy atom. The van der Waals surface area contributed by atoms with Gasteiger partial charge in [0.2, 0.25) is 5.78 Å². The molecule has 242 valence electrons. The van der Waals surface area contributed by atoms with Crippen LogP contribution in [0.2, 0.25) is 0 Å². The minimum Gasteiger partial charge on any atom is -0.507 e. The fourth-order valence-electron chi connectivity index (χ4n) is 6.41. The zero-order valence-corrected chi connectivity index (χ0v) is 25.5. The van der Waals surface area contributed by atoms with E-state index in [0.717, 1.165) is 0 Å². The molecule has 2 aliphatic carbocycles. The summed E-state index contributed by atoms with van der Waals surface area (Å²) in [6, 6.07) is 3.75. The van der Waals surface area contributed by atoms with Crippen molar-refractivity contribution < 1.29 is 54.1 Å². The van der Waals surface area contributed by atoms with Gasteiger partial charge in [-0.15, -0.1) is 0 Å². The molecular weight excluding hydrogens is 588 g/mol. The lowest BCUT2D eigenvalue weighted by molar-refractivity contribution is -0.247. The van der Waals surface area contributed by atoms with Crippen LogP contribution in [-0.2, 0) is 20.7 Å². The number of aromatic hydroxyl groups is 2. The normalized spacial score (nSPS) is 27.6. The van der Waals surface area contributed by atoms with Gasteiger partial charge in [0.1, 0.15) is 35.6 Å². The summed E-state index contributed by atoms with van der Waals surface area (Å²) in [7, 11) is 1.33. The molecule has 1 saturated heterocycles. The lowest BCUT2D eigenvalue weighted by Gasteiger charge is -2.42. The van der Waals surface area contributed by atoms with Gasteiger partial charge < -0.3 is 44.6 Å². The number of carbonyl (C=O) groups excluding carboxylic acids is 3. The van der Waals surface area contributed by atoms with Crippen molar-refractivity contribution in [1.29, 1.82) is 0 Å². The first-order valence-electron chi connectivity index (χ1n) is 14.9. The van der Waals surface area contributed by atoms with Crippen LogP contribution in [0.15, 0.2) is 23.2 Å². The van der Waals surface area contributed by atoms with Crippen LogP contribution < -0.4 is 4.74 Å². The van der Waals surface area contributed by atoms with Gasteiger partial charge in [-0.1, -0.05) is 12.1 Å². The third-order valence-electron chi connectivity index (χ3n) is 8.96. The molecule has 0 amide bonds. The minimum absolute atomic E-state index is 0.0498. The van der Waals surface area contributed by atoms with Crippen LogP contribution in [-0.4, -0.2) is 111 Å². The highest BCUT2D eigenvalue weighted by molar-refractivity contribution is 6.31. The van der Waals surface area contributed by atoms with E-state index in [1.165, 1.54) is 25.3 Å². The third-order valence-corrected chi connectivity index (χ3v) is 8.96. The van der Waals surface area contributed by atoms with E-state index in [2.05, 4.69) is 4.99 Å². The SMILES string of the molecule is CCN(C=N[C@H]1CC(O[C@H]2CC(O)(C(=O)CO)Cc3c(O)c4c(c(O)c32)C(=O)c2c(OC)cccc2C4=O)OC(C)[C@H]1O)CC. The molecule has 0 radical (unpaired) electrons. The van der Waals surface area contributed by atoms with Crippen LogP contribution in [0.5, 0.6) is 17.2 Å². The zero-order valence-electron chi connectivity index (χ0n) is 25.5. The average molecular weight is 627 g/mol. The Balaban J connectivity index is 1.61. The van der Waals surface area contributed by atoms with E-state index in [4.69, 9.17) is 14.2 Å². The van der Waals surface area contributed by atoms with Crippen LogP contribution in [0.25, 0.3) is 0 Å². The van der Waals surface area contributed by atoms with E-state index in [1.54, 1.807) is 13.3 Å². The summed E-state index contributed by atoms with van der Waals surface area (Å²) in [6.45, 7) is 5.95. The molecule has 0 bridgehead atoms. The molecule has 5 N–H and O–H groups in total. The number of rotatable bonds is 9. The molecule has 1 fully saturated rings. The van der Waals surface area contributed by atoms with E-state index in [0.29, 0.717) is 13.1 Å². The van der Waals surface area contributed by atoms with Crippen molar-refractivity contribution >= 4 is 23.7 Å². The lowest BCUT2D eigenvalue weighted by Crippen LogP contribution is -2.50. The fraction of sp³-hybridized carbons (Fsp3) is 0.500. The van der Waals surface area contributed by atoms with Gasteiger partial charge in [0, 0.05) is 49.0 Å². The predicted octanol–water partition coefficient (Wildman–Crippen LogP) is 1.41. The molecule has 0 aromatic heterocycles. The Kier molecular flexibility index (Phi) is 9.02. The number of hydrogen-bond donors (Lipinski definition) is 5. The van der Waals surface area contributed by atoms with Crippen molar-refractivity contribution in [1.82, 2.24) is 4.90 Å². The summed E-state index contributed by atoms with van der Waals surface area (Å²) in [5, 5.41) is 55.0. The summed E-state index contributed by atoms with van der Waals surface area (Å²) >= 11 is 0. The number of carbonyl (C=O) groups is 3. The van der Waals surface area contributed by atoms with Crippen LogP contribution in [0.4, 0.5) is 0 Å². The molecule has 6 atom stereocenters. The van der Waals surface area contributed by atoms with Crippen molar-refractivity contribution in [2.24, 2.45) is 4.99 Å².